The van der Waals surface area contributed by atoms with Crippen molar-refractivity contribution in [3.05, 3.63) is 40.0 Å². The van der Waals surface area contributed by atoms with Crippen LogP contribution in [0.5, 0.6) is 5.88 Å². The van der Waals surface area contributed by atoms with Gasteiger partial charge in [0, 0.05) is 42.8 Å². The van der Waals surface area contributed by atoms with Crippen molar-refractivity contribution in [2.75, 3.05) is 20.2 Å². The number of nitrogens with one attached hydrogen (secondary N) is 2. The number of nitrogens with zero attached hydrogens (tertiary/aromatic N) is 3. The summed E-state index contributed by atoms with van der Waals surface area (Å²) in [5.74, 6) is 1.42. The number of methoxy groups -OCH3 is 1. The van der Waals surface area contributed by atoms with Crippen molar-refractivity contribution in [2.24, 2.45) is 4.99 Å². The van der Waals surface area contributed by atoms with E-state index in [1.54, 1.807) is 24.6 Å². The first kappa shape index (κ1) is 21.6. The third kappa shape index (κ3) is 7.55. The van der Waals surface area contributed by atoms with Crippen molar-refractivity contribution in [3.8, 4) is 5.88 Å². The van der Waals surface area contributed by atoms with E-state index in [0.717, 1.165) is 42.5 Å². The van der Waals surface area contributed by atoms with Gasteiger partial charge in [0.1, 0.15) is 0 Å². The number of aromatic nitrogens is 2. The Morgan fingerprint density at radius 1 is 1.20 bits per heavy atom. The van der Waals surface area contributed by atoms with Crippen molar-refractivity contribution in [3.63, 3.8) is 0 Å². The third-order valence-electron chi connectivity index (χ3n) is 3.35. The fourth-order valence-electron chi connectivity index (χ4n) is 2.05. The molecule has 2 heterocycles. The molecule has 2 aromatic rings. The lowest BCUT2D eigenvalue weighted by molar-refractivity contribution is 0.397. The molecule has 0 bridgehead atoms. The molecule has 2 aromatic heterocycles. The zero-order valence-electron chi connectivity index (χ0n) is 14.9. The first-order valence-electron chi connectivity index (χ1n) is 8.19. The van der Waals surface area contributed by atoms with Gasteiger partial charge in [0.15, 0.2) is 5.96 Å². The second-order valence-electron chi connectivity index (χ2n) is 5.15. The summed E-state index contributed by atoms with van der Waals surface area (Å²) in [5, 5.41) is 7.77. The fraction of sp³-hybridized carbons (Fsp3) is 0.471. The second kappa shape index (κ2) is 12.0. The van der Waals surface area contributed by atoms with Crippen molar-refractivity contribution in [2.45, 2.75) is 33.2 Å². The zero-order valence-corrected chi connectivity index (χ0v) is 18.1. The molecule has 6 nitrogen and oxygen atoms in total. The van der Waals surface area contributed by atoms with E-state index in [9.17, 15) is 0 Å². The molecule has 0 saturated heterocycles. The predicted molar refractivity (Wildman–Crippen MR) is 114 cm³/mol. The van der Waals surface area contributed by atoms with Crippen LogP contribution in [0.1, 0.15) is 29.3 Å². The smallest absolute Gasteiger partial charge is 0.212 e. The van der Waals surface area contributed by atoms with Crippen LogP contribution in [-0.2, 0) is 19.4 Å². The lowest BCUT2D eigenvalue weighted by atomic mass is 10.3. The molecule has 0 aromatic carbocycles. The van der Waals surface area contributed by atoms with Crippen molar-refractivity contribution < 1.29 is 4.74 Å². The predicted octanol–water partition coefficient (Wildman–Crippen LogP) is 3.02. The lowest BCUT2D eigenvalue weighted by Gasteiger charge is -2.10. The summed E-state index contributed by atoms with van der Waals surface area (Å²) in [5.41, 5.74) is 1.04. The van der Waals surface area contributed by atoms with Crippen LogP contribution >= 0.6 is 35.3 Å². The average Bonchev–Trinajstić information content (AvgIpc) is 3.08. The van der Waals surface area contributed by atoms with E-state index in [-0.39, 0.29) is 24.0 Å². The van der Waals surface area contributed by atoms with Gasteiger partial charge in [0.25, 0.3) is 0 Å². The molecule has 0 saturated carbocycles. The van der Waals surface area contributed by atoms with E-state index in [1.807, 2.05) is 18.3 Å². The number of guanidine groups is 1. The number of pyridine rings is 1. The van der Waals surface area contributed by atoms with Gasteiger partial charge >= 0.3 is 0 Å². The van der Waals surface area contributed by atoms with Gasteiger partial charge in [-0.25, -0.2) is 15.0 Å². The van der Waals surface area contributed by atoms with E-state index in [0.29, 0.717) is 12.4 Å². The third-order valence-corrected chi connectivity index (χ3v) is 4.55. The quantitative estimate of drug-likeness (QED) is 0.349. The van der Waals surface area contributed by atoms with Crippen LogP contribution in [0.4, 0.5) is 0 Å². The van der Waals surface area contributed by atoms with Crippen LogP contribution in [-0.4, -0.2) is 36.1 Å². The van der Waals surface area contributed by atoms with Crippen molar-refractivity contribution in [1.29, 1.82) is 0 Å². The molecule has 0 atom stereocenters. The number of halogens is 1. The SMILES string of the molecule is CCNC(=NCc1ccc(OC)nc1)NCCc1ncc(CC)s1.I. The van der Waals surface area contributed by atoms with Crippen LogP contribution in [0.15, 0.2) is 29.5 Å². The lowest BCUT2D eigenvalue weighted by Crippen LogP contribution is -2.38. The Balaban J connectivity index is 0.00000312. The minimum absolute atomic E-state index is 0. The Kier molecular flexibility index (Phi) is 10.4. The van der Waals surface area contributed by atoms with Gasteiger partial charge in [0.2, 0.25) is 5.88 Å². The van der Waals surface area contributed by atoms with Crippen LogP contribution < -0.4 is 15.4 Å². The molecular formula is C17H26IN5OS. The molecule has 8 heteroatoms. The van der Waals surface area contributed by atoms with Gasteiger partial charge in [-0.15, -0.1) is 35.3 Å². The monoisotopic (exact) mass is 475 g/mol. The number of hydrogen-bond donors (Lipinski definition) is 2. The maximum absolute atomic E-state index is 5.06. The molecular weight excluding hydrogens is 449 g/mol. The molecule has 2 N–H and O–H groups in total. The maximum Gasteiger partial charge on any atom is 0.212 e. The Morgan fingerprint density at radius 2 is 2.04 bits per heavy atom. The number of rotatable bonds is 8. The van der Waals surface area contributed by atoms with Gasteiger partial charge < -0.3 is 15.4 Å². The molecule has 0 spiro atoms. The number of thiazole rings is 1. The molecule has 0 amide bonds. The summed E-state index contributed by atoms with van der Waals surface area (Å²) >= 11 is 1.78. The van der Waals surface area contributed by atoms with Gasteiger partial charge in [-0.2, -0.15) is 0 Å². The van der Waals surface area contributed by atoms with E-state index >= 15 is 0 Å². The molecule has 0 fully saturated rings. The minimum Gasteiger partial charge on any atom is -0.481 e. The van der Waals surface area contributed by atoms with Crippen molar-refractivity contribution >= 4 is 41.3 Å². The van der Waals surface area contributed by atoms with E-state index < -0.39 is 0 Å². The average molecular weight is 475 g/mol. The molecule has 2 rings (SSSR count). The largest absolute Gasteiger partial charge is 0.481 e. The topological polar surface area (TPSA) is 71.4 Å². The minimum atomic E-state index is 0. The molecule has 0 aliphatic carbocycles. The first-order valence-corrected chi connectivity index (χ1v) is 9.01. The summed E-state index contributed by atoms with van der Waals surface area (Å²) in [6.45, 7) is 6.41. The molecule has 138 valence electrons. The van der Waals surface area contributed by atoms with E-state index in [2.05, 4.69) is 39.4 Å². The Morgan fingerprint density at radius 3 is 2.64 bits per heavy atom. The molecule has 0 aliphatic heterocycles. The Hall–Kier alpha value is -1.42. The van der Waals surface area contributed by atoms with Crippen LogP contribution in [0.25, 0.3) is 0 Å². The number of aryl methyl sites for hydroxylation is 1. The Bertz CT molecular complexity index is 645. The fourth-order valence-corrected chi connectivity index (χ4v) is 2.91. The van der Waals surface area contributed by atoms with Crippen LogP contribution in [0.3, 0.4) is 0 Å². The van der Waals surface area contributed by atoms with Gasteiger partial charge in [-0.05, 0) is 18.9 Å². The number of aliphatic imine (C=N–C) groups is 1. The second-order valence-corrected chi connectivity index (χ2v) is 6.35. The van der Waals surface area contributed by atoms with Crippen LogP contribution in [0.2, 0.25) is 0 Å². The molecule has 0 unspecified atom stereocenters. The highest BCUT2D eigenvalue weighted by Crippen LogP contribution is 2.13. The Labute approximate surface area is 170 Å². The van der Waals surface area contributed by atoms with Gasteiger partial charge in [-0.1, -0.05) is 13.0 Å². The van der Waals surface area contributed by atoms with Gasteiger partial charge in [0.05, 0.1) is 18.7 Å². The van der Waals surface area contributed by atoms with E-state index in [1.165, 1.54) is 4.88 Å². The van der Waals surface area contributed by atoms with E-state index in [4.69, 9.17) is 4.74 Å². The maximum atomic E-state index is 5.06. The standard InChI is InChI=1S/C17H25N5OS.HI/c1-4-14-12-21-16(24-14)8-9-19-17(18-5-2)22-11-13-6-7-15(23-3)20-10-13;/h6-7,10,12H,4-5,8-9,11H2,1-3H3,(H2,18,19,22);1H. The molecule has 0 aliphatic rings. The summed E-state index contributed by atoms with van der Waals surface area (Å²) in [6.07, 6.45) is 5.70. The highest BCUT2D eigenvalue weighted by Gasteiger charge is 2.02. The number of ether oxygens (including phenoxy) is 1. The summed E-state index contributed by atoms with van der Waals surface area (Å²) in [6, 6.07) is 3.82. The summed E-state index contributed by atoms with van der Waals surface area (Å²) in [4.78, 5) is 14.6. The highest BCUT2D eigenvalue weighted by atomic mass is 127. The molecule has 25 heavy (non-hydrogen) atoms. The first-order chi connectivity index (χ1) is 11.7. The van der Waals surface area contributed by atoms with Gasteiger partial charge in [-0.3, -0.25) is 0 Å². The summed E-state index contributed by atoms with van der Waals surface area (Å²) in [7, 11) is 1.61. The number of hydrogen-bond acceptors (Lipinski definition) is 5. The van der Waals surface area contributed by atoms with Crippen molar-refractivity contribution in [1.82, 2.24) is 20.6 Å². The zero-order chi connectivity index (χ0) is 17.2. The summed E-state index contributed by atoms with van der Waals surface area (Å²) < 4.78 is 5.06. The molecule has 0 radical (unpaired) electrons. The van der Waals surface area contributed by atoms with Crippen LogP contribution in [0, 0.1) is 0 Å². The highest BCUT2D eigenvalue weighted by molar-refractivity contribution is 14.0. The normalized spacial score (nSPS) is 10.9.